The first-order valence-corrected chi connectivity index (χ1v) is 10.7. The van der Waals surface area contributed by atoms with Crippen molar-refractivity contribution in [1.29, 1.82) is 0 Å². The van der Waals surface area contributed by atoms with Gasteiger partial charge < -0.3 is 10.6 Å². The van der Waals surface area contributed by atoms with Gasteiger partial charge in [-0.3, -0.25) is 14.5 Å². The van der Waals surface area contributed by atoms with E-state index in [1.54, 1.807) is 12.1 Å². The second kappa shape index (κ2) is 11.5. The van der Waals surface area contributed by atoms with Crippen LogP contribution in [-0.2, 0) is 17.9 Å². The van der Waals surface area contributed by atoms with E-state index in [0.717, 1.165) is 18.5 Å². The highest BCUT2D eigenvalue weighted by atomic mass is 16.2. The molecular weight excluding hydrogens is 374 g/mol. The average molecular weight is 410 g/mol. The summed E-state index contributed by atoms with van der Waals surface area (Å²) in [6.45, 7) is 9.60. The zero-order valence-electron chi connectivity index (χ0n) is 18.8. The minimum absolute atomic E-state index is 0.0278. The first kappa shape index (κ1) is 23.6. The molecule has 2 rings (SSSR count). The summed E-state index contributed by atoms with van der Waals surface area (Å²) in [6.07, 6.45) is 0.795. The quantitative estimate of drug-likeness (QED) is 0.624. The number of benzene rings is 2. The molecule has 2 unspecified atom stereocenters. The van der Waals surface area contributed by atoms with Gasteiger partial charge in [0.2, 0.25) is 5.91 Å². The molecule has 0 spiro atoms. The molecule has 0 aliphatic rings. The molecule has 30 heavy (non-hydrogen) atoms. The number of nitrogens with one attached hydrogen (secondary N) is 2. The number of hydrogen-bond donors (Lipinski definition) is 2. The fraction of sp³-hybridized carbons (Fsp3) is 0.440. The number of nitrogens with zero attached hydrogens (tertiary/aromatic N) is 1. The van der Waals surface area contributed by atoms with Crippen LogP contribution >= 0.6 is 0 Å². The summed E-state index contributed by atoms with van der Waals surface area (Å²) in [4.78, 5) is 27.9. The zero-order valence-corrected chi connectivity index (χ0v) is 18.8. The van der Waals surface area contributed by atoms with Crippen LogP contribution in [-0.4, -0.2) is 35.8 Å². The lowest BCUT2D eigenvalue weighted by Gasteiger charge is -2.25. The first-order valence-electron chi connectivity index (χ1n) is 10.7. The molecule has 162 valence electrons. The SMILES string of the molecule is CCC(C)C(NC(=O)c1ccccc1)C(=O)NCc1ccccc1CN(C)C(C)C. The number of carbonyl (C=O) groups excluding carboxylic acids is 2. The predicted octanol–water partition coefficient (Wildman–Crippen LogP) is 3.99. The van der Waals surface area contributed by atoms with Crippen molar-refractivity contribution in [3.63, 3.8) is 0 Å². The molecule has 2 amide bonds. The molecule has 0 aliphatic heterocycles. The van der Waals surface area contributed by atoms with E-state index in [1.165, 1.54) is 5.56 Å². The van der Waals surface area contributed by atoms with Crippen molar-refractivity contribution in [3.05, 3.63) is 71.3 Å². The smallest absolute Gasteiger partial charge is 0.251 e. The van der Waals surface area contributed by atoms with Gasteiger partial charge in [-0.25, -0.2) is 0 Å². The third kappa shape index (κ3) is 6.70. The van der Waals surface area contributed by atoms with Crippen molar-refractivity contribution in [2.45, 2.75) is 59.3 Å². The van der Waals surface area contributed by atoms with Gasteiger partial charge in [-0.05, 0) is 50.1 Å². The Morgan fingerprint density at radius 2 is 1.53 bits per heavy atom. The maximum absolute atomic E-state index is 13.0. The van der Waals surface area contributed by atoms with Crippen molar-refractivity contribution in [1.82, 2.24) is 15.5 Å². The van der Waals surface area contributed by atoms with E-state index in [-0.39, 0.29) is 17.7 Å². The van der Waals surface area contributed by atoms with Crippen molar-refractivity contribution in [3.8, 4) is 0 Å². The van der Waals surface area contributed by atoms with Crippen LogP contribution in [0.5, 0.6) is 0 Å². The summed E-state index contributed by atoms with van der Waals surface area (Å²) in [5.41, 5.74) is 2.85. The van der Waals surface area contributed by atoms with Crippen molar-refractivity contribution in [2.75, 3.05) is 7.05 Å². The molecule has 0 saturated heterocycles. The highest BCUT2D eigenvalue weighted by Gasteiger charge is 2.26. The molecule has 0 saturated carbocycles. The molecule has 5 nitrogen and oxygen atoms in total. The zero-order chi connectivity index (χ0) is 22.1. The second-order valence-electron chi connectivity index (χ2n) is 8.20. The summed E-state index contributed by atoms with van der Waals surface area (Å²) >= 11 is 0. The summed E-state index contributed by atoms with van der Waals surface area (Å²) < 4.78 is 0. The molecule has 0 radical (unpaired) electrons. The molecule has 0 aliphatic carbocycles. The van der Waals surface area contributed by atoms with Crippen LogP contribution in [0.15, 0.2) is 54.6 Å². The Labute approximate surface area is 180 Å². The first-order chi connectivity index (χ1) is 14.3. The maximum atomic E-state index is 13.0. The van der Waals surface area contributed by atoms with Crippen molar-refractivity contribution in [2.24, 2.45) is 5.92 Å². The monoisotopic (exact) mass is 409 g/mol. The van der Waals surface area contributed by atoms with Gasteiger partial charge in [0.05, 0.1) is 0 Å². The lowest BCUT2D eigenvalue weighted by atomic mass is 9.97. The molecule has 0 aromatic heterocycles. The largest absolute Gasteiger partial charge is 0.350 e. The Morgan fingerprint density at radius 3 is 2.13 bits per heavy atom. The number of hydrogen-bond acceptors (Lipinski definition) is 3. The summed E-state index contributed by atoms with van der Waals surface area (Å²) in [5.74, 6) is -0.351. The maximum Gasteiger partial charge on any atom is 0.251 e. The molecular formula is C25H35N3O2. The van der Waals surface area contributed by atoms with Crippen LogP contribution in [0.3, 0.4) is 0 Å². The fourth-order valence-corrected chi connectivity index (χ4v) is 3.14. The highest BCUT2D eigenvalue weighted by molar-refractivity contribution is 5.97. The van der Waals surface area contributed by atoms with E-state index in [1.807, 2.05) is 50.2 Å². The Hall–Kier alpha value is -2.66. The van der Waals surface area contributed by atoms with Crippen LogP contribution in [0.2, 0.25) is 0 Å². The molecule has 2 aromatic rings. The van der Waals surface area contributed by atoms with Gasteiger partial charge in [-0.1, -0.05) is 62.7 Å². The van der Waals surface area contributed by atoms with Gasteiger partial charge in [0.25, 0.3) is 5.91 Å². The molecule has 0 heterocycles. The van der Waals surface area contributed by atoms with E-state index >= 15 is 0 Å². The standard InChI is InChI=1S/C25H35N3O2/c1-6-19(4)23(27-24(29)20-12-8-7-9-13-20)25(30)26-16-21-14-10-11-15-22(21)17-28(5)18(2)3/h7-15,18-19,23H,6,16-17H2,1-5H3,(H,26,30)(H,27,29). The molecule has 2 atom stereocenters. The lowest BCUT2D eigenvalue weighted by Crippen LogP contribution is -2.50. The highest BCUT2D eigenvalue weighted by Crippen LogP contribution is 2.14. The Kier molecular flexibility index (Phi) is 9.06. The van der Waals surface area contributed by atoms with Gasteiger partial charge >= 0.3 is 0 Å². The number of amides is 2. The summed E-state index contributed by atoms with van der Waals surface area (Å²) in [5, 5.41) is 5.96. The van der Waals surface area contributed by atoms with E-state index in [4.69, 9.17) is 0 Å². The summed E-state index contributed by atoms with van der Waals surface area (Å²) in [6, 6.07) is 17.0. The third-order valence-electron chi connectivity index (χ3n) is 5.69. The summed E-state index contributed by atoms with van der Waals surface area (Å²) in [7, 11) is 2.10. The molecule has 0 bridgehead atoms. The fourth-order valence-electron chi connectivity index (χ4n) is 3.14. The average Bonchev–Trinajstić information content (AvgIpc) is 2.76. The van der Waals surface area contributed by atoms with Gasteiger partial charge in [-0.2, -0.15) is 0 Å². The van der Waals surface area contributed by atoms with Gasteiger partial charge in [0.15, 0.2) is 0 Å². The number of carbonyl (C=O) groups is 2. The minimum atomic E-state index is -0.576. The van der Waals surface area contributed by atoms with E-state index in [9.17, 15) is 9.59 Å². The van der Waals surface area contributed by atoms with Gasteiger partial charge in [-0.15, -0.1) is 0 Å². The van der Waals surface area contributed by atoms with Crippen molar-refractivity contribution >= 4 is 11.8 Å². The normalized spacial score (nSPS) is 13.2. The third-order valence-corrected chi connectivity index (χ3v) is 5.69. The topological polar surface area (TPSA) is 61.4 Å². The molecule has 5 heteroatoms. The van der Waals surface area contributed by atoms with Gasteiger partial charge in [0.1, 0.15) is 6.04 Å². The molecule has 2 aromatic carbocycles. The Bertz CT molecular complexity index is 820. The van der Waals surface area contributed by atoms with E-state index in [2.05, 4.69) is 42.5 Å². The predicted molar refractivity (Wildman–Crippen MR) is 122 cm³/mol. The van der Waals surface area contributed by atoms with Crippen LogP contribution in [0.4, 0.5) is 0 Å². The van der Waals surface area contributed by atoms with Crippen LogP contribution in [0.25, 0.3) is 0 Å². The van der Waals surface area contributed by atoms with Crippen LogP contribution < -0.4 is 10.6 Å². The van der Waals surface area contributed by atoms with Crippen molar-refractivity contribution < 1.29 is 9.59 Å². The minimum Gasteiger partial charge on any atom is -0.350 e. The van der Waals surface area contributed by atoms with Crippen LogP contribution in [0.1, 0.15) is 55.6 Å². The van der Waals surface area contributed by atoms with E-state index in [0.29, 0.717) is 18.2 Å². The number of rotatable bonds is 10. The van der Waals surface area contributed by atoms with E-state index < -0.39 is 6.04 Å². The van der Waals surface area contributed by atoms with Crippen LogP contribution in [0, 0.1) is 5.92 Å². The Balaban J connectivity index is 2.07. The van der Waals surface area contributed by atoms with Gasteiger partial charge in [0, 0.05) is 24.7 Å². The Morgan fingerprint density at radius 1 is 0.933 bits per heavy atom. The lowest BCUT2D eigenvalue weighted by molar-refractivity contribution is -0.124. The second-order valence-corrected chi connectivity index (χ2v) is 8.20. The molecule has 2 N–H and O–H groups in total. The molecule has 0 fully saturated rings.